The summed E-state index contributed by atoms with van der Waals surface area (Å²) in [5, 5.41) is 3.83. The van der Waals surface area contributed by atoms with E-state index < -0.39 is 24.1 Å². The van der Waals surface area contributed by atoms with Crippen molar-refractivity contribution in [1.29, 1.82) is 0 Å². The molecule has 130 valence electrons. The van der Waals surface area contributed by atoms with Gasteiger partial charge in [0.25, 0.3) is 0 Å². The Morgan fingerprint density at radius 2 is 1.68 bits per heavy atom. The lowest BCUT2D eigenvalue weighted by molar-refractivity contribution is -0.0393. The molecular weight excluding hydrogens is 369 g/mol. The molecule has 3 aromatic rings. The molecule has 0 fully saturated rings. The topological polar surface area (TPSA) is 38.1 Å². The molecule has 2 aromatic carbocycles. The van der Waals surface area contributed by atoms with Gasteiger partial charge in [0.1, 0.15) is 18.0 Å². The van der Waals surface area contributed by atoms with Crippen LogP contribution in [0, 0.1) is 0 Å². The first-order valence-corrected chi connectivity index (χ1v) is 9.13. The first-order valence-electron chi connectivity index (χ1n) is 7.19. The molecule has 1 aromatic heterocycles. The molecule has 0 saturated carbocycles. The highest BCUT2D eigenvalue weighted by Gasteiger charge is 2.41. The second-order valence-corrected chi connectivity index (χ2v) is 6.32. The highest BCUT2D eigenvalue weighted by atomic mass is 32.2. The maximum Gasteiger partial charge on any atom is 0.375 e. The second-order valence-electron chi connectivity index (χ2n) is 5.08. The number of halogens is 3. The van der Waals surface area contributed by atoms with Crippen molar-refractivity contribution in [3.05, 3.63) is 60.4 Å². The van der Waals surface area contributed by atoms with Gasteiger partial charge in [-0.1, -0.05) is 47.6 Å². The van der Waals surface area contributed by atoms with E-state index in [0.29, 0.717) is 11.1 Å². The Morgan fingerprint density at radius 3 is 2.28 bits per heavy atom. The number of benzene rings is 2. The van der Waals surface area contributed by atoms with Crippen LogP contribution in [-0.2, 0) is 6.05 Å². The smallest absolute Gasteiger partial charge is 0.352 e. The highest BCUT2D eigenvalue weighted by molar-refractivity contribution is 7.98. The molecule has 1 heterocycles. The molecule has 0 amide bonds. The average molecular weight is 382 g/mol. The Balaban J connectivity index is 2.17. The number of alkyl halides is 2. The molecule has 0 aliphatic heterocycles. The Morgan fingerprint density at radius 1 is 1.00 bits per heavy atom. The Hall–Kier alpha value is -1.90. The van der Waals surface area contributed by atoms with E-state index in [-0.39, 0.29) is 11.3 Å². The number of rotatable bonds is 6. The molecule has 0 aliphatic rings. The van der Waals surface area contributed by atoms with Crippen LogP contribution in [0.25, 0.3) is 22.4 Å². The zero-order valence-corrected chi connectivity index (χ0v) is 14.6. The van der Waals surface area contributed by atoms with Gasteiger partial charge in [0.05, 0.1) is 5.56 Å². The zero-order chi connectivity index (χ0) is 17.9. The van der Waals surface area contributed by atoms with Crippen molar-refractivity contribution in [2.45, 2.75) is 10.9 Å². The summed E-state index contributed by atoms with van der Waals surface area (Å²) in [6, 6.07) is 12.2. The van der Waals surface area contributed by atoms with Crippen LogP contribution in [0.15, 0.2) is 64.0 Å². The fourth-order valence-electron chi connectivity index (χ4n) is 2.42. The van der Waals surface area contributed by atoms with Gasteiger partial charge in [0.15, 0.2) is 0 Å². The predicted molar refractivity (Wildman–Crippen MR) is 94.9 cm³/mol. The van der Waals surface area contributed by atoms with Gasteiger partial charge in [-0.15, -0.1) is 15.6 Å². The Kier molecular flexibility index (Phi) is 5.41. The molecular formula is C17H13F3N2OS2. The number of hydrogen-bond donors (Lipinski definition) is 1. The number of nitrogens with one attached hydrogen (secondary N) is 1. The molecule has 3 nitrogen and oxygen atoms in total. The summed E-state index contributed by atoms with van der Waals surface area (Å²) in [4.78, 5) is 1.04. The maximum atomic E-state index is 14.2. The van der Waals surface area contributed by atoms with Gasteiger partial charge in [0, 0.05) is 10.5 Å². The molecule has 0 spiro atoms. The summed E-state index contributed by atoms with van der Waals surface area (Å²) in [7, 11) is 0. The van der Waals surface area contributed by atoms with Gasteiger partial charge < -0.3 is 4.52 Å². The largest absolute Gasteiger partial charge is 0.375 e. The first kappa shape index (κ1) is 17.9. The molecule has 0 atom stereocenters. The molecule has 25 heavy (non-hydrogen) atoms. The third-order valence-electron chi connectivity index (χ3n) is 3.57. The second kappa shape index (κ2) is 7.55. The monoisotopic (exact) mass is 382 g/mol. The van der Waals surface area contributed by atoms with Crippen LogP contribution in [0.1, 0.15) is 5.76 Å². The molecule has 3 rings (SSSR count). The van der Waals surface area contributed by atoms with Crippen LogP contribution in [0.5, 0.6) is 0 Å². The SMILES string of the molecule is CSc1ccc(-c2noc(C(F)(F)NSF)c2-c2ccccc2)cc1. The lowest BCUT2D eigenvalue weighted by Gasteiger charge is -2.13. The zero-order valence-electron chi connectivity index (χ0n) is 13.0. The molecule has 8 heteroatoms. The van der Waals surface area contributed by atoms with E-state index in [9.17, 15) is 12.7 Å². The van der Waals surface area contributed by atoms with Crippen molar-refractivity contribution in [1.82, 2.24) is 9.88 Å². The van der Waals surface area contributed by atoms with E-state index in [2.05, 4.69) is 5.16 Å². The molecule has 0 radical (unpaired) electrons. The maximum absolute atomic E-state index is 14.2. The predicted octanol–water partition coefficient (Wildman–Crippen LogP) is 5.90. The van der Waals surface area contributed by atoms with Crippen molar-refractivity contribution in [3.63, 3.8) is 0 Å². The number of nitrogens with zero attached hydrogens (tertiary/aromatic N) is 1. The summed E-state index contributed by atoms with van der Waals surface area (Å²) in [6.07, 6.45) is 1.94. The van der Waals surface area contributed by atoms with E-state index in [1.54, 1.807) is 54.2 Å². The number of thioether (sulfide) groups is 1. The minimum absolute atomic E-state index is 0.129. The van der Waals surface area contributed by atoms with Gasteiger partial charge in [-0.3, -0.25) is 0 Å². The van der Waals surface area contributed by atoms with Crippen LogP contribution >= 0.6 is 24.1 Å². The standard InChI is InChI=1S/C17H13F3N2OS2/c1-24-13-9-7-12(8-10-13)15-14(11-5-3-2-4-6-11)16(23-21-15)17(18,19)22-25-20/h2-10,22H,1H3. The van der Waals surface area contributed by atoms with Crippen molar-refractivity contribution in [2.24, 2.45) is 0 Å². The van der Waals surface area contributed by atoms with Gasteiger partial charge in [-0.05, 0) is 24.0 Å². The van der Waals surface area contributed by atoms with E-state index in [4.69, 9.17) is 4.52 Å². The summed E-state index contributed by atoms with van der Waals surface area (Å²) in [5.41, 5.74) is 1.55. The van der Waals surface area contributed by atoms with Gasteiger partial charge >= 0.3 is 6.05 Å². The Bertz CT molecular complexity index is 839. The molecule has 0 bridgehead atoms. The van der Waals surface area contributed by atoms with Crippen molar-refractivity contribution < 1.29 is 17.2 Å². The van der Waals surface area contributed by atoms with Crippen LogP contribution < -0.4 is 4.72 Å². The van der Waals surface area contributed by atoms with Crippen LogP contribution in [0.3, 0.4) is 0 Å². The quantitative estimate of drug-likeness (QED) is 0.326. The summed E-state index contributed by atoms with van der Waals surface area (Å²) < 4.78 is 47.2. The van der Waals surface area contributed by atoms with Gasteiger partial charge in [-0.2, -0.15) is 13.5 Å². The minimum Gasteiger partial charge on any atom is -0.352 e. The lowest BCUT2D eigenvalue weighted by Crippen LogP contribution is -2.27. The van der Waals surface area contributed by atoms with E-state index in [0.717, 1.165) is 4.90 Å². The van der Waals surface area contributed by atoms with Crippen LogP contribution in [0.2, 0.25) is 0 Å². The van der Waals surface area contributed by atoms with Crippen LogP contribution in [0.4, 0.5) is 12.7 Å². The van der Waals surface area contributed by atoms with Crippen LogP contribution in [-0.4, -0.2) is 11.4 Å². The van der Waals surface area contributed by atoms with Gasteiger partial charge in [-0.25, -0.2) is 0 Å². The lowest BCUT2D eigenvalue weighted by atomic mass is 9.98. The number of aromatic nitrogens is 1. The summed E-state index contributed by atoms with van der Waals surface area (Å²) >= 11 is 0.898. The third-order valence-corrected chi connectivity index (χ3v) is 4.65. The Labute approximate surface area is 151 Å². The van der Waals surface area contributed by atoms with Crippen molar-refractivity contribution in [2.75, 3.05) is 6.26 Å². The van der Waals surface area contributed by atoms with E-state index >= 15 is 0 Å². The fourth-order valence-corrected chi connectivity index (χ4v) is 3.02. The summed E-state index contributed by atoms with van der Waals surface area (Å²) in [6.45, 7) is 0. The molecule has 0 aliphatic carbocycles. The first-order chi connectivity index (χ1) is 12.1. The number of hydrogen-bond acceptors (Lipinski definition) is 5. The fraction of sp³-hybridized carbons (Fsp3) is 0.118. The average Bonchev–Trinajstić information content (AvgIpc) is 3.08. The van der Waals surface area contributed by atoms with Crippen molar-refractivity contribution >= 4 is 24.1 Å². The third kappa shape index (κ3) is 3.70. The minimum atomic E-state index is -3.71. The summed E-state index contributed by atoms with van der Waals surface area (Å²) in [5.74, 6) is -0.729. The van der Waals surface area contributed by atoms with Crippen molar-refractivity contribution in [3.8, 4) is 22.4 Å². The highest BCUT2D eigenvalue weighted by Crippen LogP contribution is 2.41. The van der Waals surface area contributed by atoms with Gasteiger partial charge in [0.2, 0.25) is 5.76 Å². The molecule has 1 N–H and O–H groups in total. The normalized spacial score (nSPS) is 11.7. The van der Waals surface area contributed by atoms with E-state index in [1.807, 2.05) is 18.4 Å². The molecule has 0 saturated heterocycles. The van der Waals surface area contributed by atoms with E-state index in [1.165, 1.54) is 4.72 Å². The molecule has 0 unspecified atom stereocenters.